The highest BCUT2D eigenvalue weighted by atomic mass is 127. The monoisotopic (exact) mass is 483 g/mol. The Bertz CT molecular complexity index is 1060. The molecule has 0 aliphatic heterocycles. The molecule has 3 aromatic rings. The van der Waals surface area contributed by atoms with Gasteiger partial charge in [-0.1, -0.05) is 23.5 Å². The smallest absolute Gasteiger partial charge is 0.280 e. The fraction of sp³-hybridized carbons (Fsp3) is 0.176. The van der Waals surface area contributed by atoms with Gasteiger partial charge in [-0.05, 0) is 40.8 Å². The number of nitro benzene ring substituents is 1. The van der Waals surface area contributed by atoms with E-state index in [9.17, 15) is 14.9 Å². The van der Waals surface area contributed by atoms with Crippen LogP contribution in [0, 0.1) is 13.7 Å². The second kappa shape index (κ2) is 8.06. The number of hydrogen-bond donors (Lipinski definition) is 0. The summed E-state index contributed by atoms with van der Waals surface area (Å²) in [5.41, 5.74) is 1.31. The molecule has 134 valence electrons. The second-order valence-electron chi connectivity index (χ2n) is 5.34. The van der Waals surface area contributed by atoms with Gasteiger partial charge in [0.15, 0.2) is 4.80 Å². The fourth-order valence-corrected chi connectivity index (χ4v) is 4.15. The fourth-order valence-electron chi connectivity index (χ4n) is 2.44. The van der Waals surface area contributed by atoms with Gasteiger partial charge in [0, 0.05) is 29.4 Å². The number of nitrogens with zero attached hydrogens (tertiary/aromatic N) is 3. The molecule has 1 aromatic heterocycles. The Balaban J connectivity index is 2.15. The molecule has 0 atom stereocenters. The number of non-ortho nitro benzene ring substituents is 1. The Hall–Kier alpha value is -2.11. The lowest BCUT2D eigenvalue weighted by Gasteiger charge is -2.04. The molecule has 1 heterocycles. The van der Waals surface area contributed by atoms with Crippen molar-refractivity contribution in [3.63, 3.8) is 0 Å². The summed E-state index contributed by atoms with van der Waals surface area (Å²) >= 11 is 3.34. The predicted octanol–water partition coefficient (Wildman–Crippen LogP) is 3.60. The highest BCUT2D eigenvalue weighted by Crippen LogP contribution is 2.23. The maximum atomic E-state index is 12.6. The molecule has 9 heteroatoms. The van der Waals surface area contributed by atoms with Gasteiger partial charge in [-0.15, -0.1) is 0 Å². The Labute approximate surface area is 166 Å². The summed E-state index contributed by atoms with van der Waals surface area (Å²) in [5.74, 6) is -0.345. The number of fused-ring (bicyclic) bond motifs is 1. The molecule has 0 radical (unpaired) electrons. The average Bonchev–Trinajstić information content (AvgIpc) is 2.96. The van der Waals surface area contributed by atoms with Gasteiger partial charge in [0.2, 0.25) is 0 Å². The number of amides is 1. The number of halogens is 1. The number of thiazole rings is 1. The number of carbonyl (C=O) groups is 1. The molecule has 0 N–H and O–H groups in total. The van der Waals surface area contributed by atoms with Gasteiger partial charge in [-0.2, -0.15) is 4.99 Å². The van der Waals surface area contributed by atoms with Crippen molar-refractivity contribution < 1.29 is 14.5 Å². The van der Waals surface area contributed by atoms with Crippen molar-refractivity contribution >= 4 is 55.7 Å². The van der Waals surface area contributed by atoms with E-state index in [2.05, 4.69) is 27.6 Å². The topological polar surface area (TPSA) is 86.7 Å². The molecule has 7 nitrogen and oxygen atoms in total. The predicted molar refractivity (Wildman–Crippen MR) is 107 cm³/mol. The lowest BCUT2D eigenvalue weighted by molar-refractivity contribution is -0.384. The van der Waals surface area contributed by atoms with Crippen molar-refractivity contribution in [2.75, 3.05) is 13.7 Å². The summed E-state index contributed by atoms with van der Waals surface area (Å²) in [5, 5.41) is 11.0. The number of benzene rings is 2. The SMILES string of the molecule is COCCn1c(=NC(=O)c2ccccc2I)sc2cc([N+](=O)[O-])ccc21. The molecule has 0 aliphatic rings. The van der Waals surface area contributed by atoms with Crippen LogP contribution in [0.2, 0.25) is 0 Å². The first-order valence-electron chi connectivity index (χ1n) is 7.61. The van der Waals surface area contributed by atoms with Crippen molar-refractivity contribution in [3.8, 4) is 0 Å². The minimum atomic E-state index is -0.438. The molecule has 0 saturated carbocycles. The number of rotatable bonds is 5. The highest BCUT2D eigenvalue weighted by Gasteiger charge is 2.14. The Morgan fingerprint density at radius 1 is 1.35 bits per heavy atom. The maximum Gasteiger partial charge on any atom is 0.280 e. The maximum absolute atomic E-state index is 12.6. The van der Waals surface area contributed by atoms with Gasteiger partial charge in [0.25, 0.3) is 11.6 Å². The van der Waals surface area contributed by atoms with Crippen LogP contribution in [0.15, 0.2) is 47.5 Å². The van der Waals surface area contributed by atoms with E-state index in [1.54, 1.807) is 25.3 Å². The Morgan fingerprint density at radius 3 is 2.81 bits per heavy atom. The molecular weight excluding hydrogens is 469 g/mol. The summed E-state index contributed by atoms with van der Waals surface area (Å²) in [7, 11) is 1.59. The van der Waals surface area contributed by atoms with E-state index in [0.717, 1.165) is 9.09 Å². The molecule has 0 bridgehead atoms. The van der Waals surface area contributed by atoms with E-state index in [4.69, 9.17) is 4.74 Å². The third-order valence-corrected chi connectivity index (χ3v) is 5.68. The van der Waals surface area contributed by atoms with Gasteiger partial charge in [-0.25, -0.2) is 0 Å². The molecule has 0 aliphatic carbocycles. The summed E-state index contributed by atoms with van der Waals surface area (Å²) in [6.45, 7) is 0.930. The Kier molecular flexibility index (Phi) is 5.79. The first kappa shape index (κ1) is 18.7. The summed E-state index contributed by atoms with van der Waals surface area (Å²) in [6.07, 6.45) is 0. The number of nitro groups is 1. The molecule has 26 heavy (non-hydrogen) atoms. The number of ether oxygens (including phenoxy) is 1. The van der Waals surface area contributed by atoms with Crippen LogP contribution in [0.3, 0.4) is 0 Å². The van der Waals surface area contributed by atoms with Crippen LogP contribution in [0.25, 0.3) is 10.2 Å². The number of methoxy groups -OCH3 is 1. The lowest BCUT2D eigenvalue weighted by Crippen LogP contribution is -2.19. The average molecular weight is 483 g/mol. The minimum Gasteiger partial charge on any atom is -0.383 e. The largest absolute Gasteiger partial charge is 0.383 e. The van der Waals surface area contributed by atoms with Gasteiger partial charge in [0.05, 0.1) is 27.3 Å². The van der Waals surface area contributed by atoms with E-state index in [-0.39, 0.29) is 11.6 Å². The minimum absolute atomic E-state index is 0.00752. The molecule has 0 fully saturated rings. The number of carbonyl (C=O) groups excluding carboxylic acids is 1. The van der Waals surface area contributed by atoms with E-state index < -0.39 is 4.92 Å². The van der Waals surface area contributed by atoms with Gasteiger partial charge < -0.3 is 9.30 Å². The van der Waals surface area contributed by atoms with Crippen molar-refractivity contribution in [1.29, 1.82) is 0 Å². The van der Waals surface area contributed by atoms with Crippen molar-refractivity contribution in [2.45, 2.75) is 6.54 Å². The zero-order chi connectivity index (χ0) is 18.7. The van der Waals surface area contributed by atoms with Gasteiger partial charge >= 0.3 is 0 Å². The third-order valence-electron chi connectivity index (χ3n) is 3.70. The van der Waals surface area contributed by atoms with Crippen molar-refractivity contribution in [3.05, 3.63) is 66.5 Å². The van der Waals surface area contributed by atoms with Gasteiger partial charge in [0.1, 0.15) is 0 Å². The van der Waals surface area contributed by atoms with Crippen LogP contribution in [-0.4, -0.2) is 29.1 Å². The Morgan fingerprint density at radius 2 is 2.12 bits per heavy atom. The second-order valence-corrected chi connectivity index (χ2v) is 7.51. The van der Waals surface area contributed by atoms with Crippen molar-refractivity contribution in [2.24, 2.45) is 4.99 Å². The molecular formula is C17H14IN3O4S. The molecule has 2 aromatic carbocycles. The first-order valence-corrected chi connectivity index (χ1v) is 9.51. The van der Waals surface area contributed by atoms with Crippen LogP contribution in [0.4, 0.5) is 5.69 Å². The standard InChI is InChI=1S/C17H14IN3O4S/c1-25-9-8-20-14-7-6-11(21(23)24)10-15(14)26-17(20)19-16(22)12-4-2-3-5-13(12)18/h2-7,10H,8-9H2,1H3. The quantitative estimate of drug-likeness (QED) is 0.315. The van der Waals surface area contributed by atoms with Crippen LogP contribution >= 0.6 is 33.9 Å². The summed E-state index contributed by atoms with van der Waals surface area (Å²) < 4.78 is 8.50. The molecule has 0 saturated heterocycles. The van der Waals surface area contributed by atoms with Gasteiger partial charge in [-0.3, -0.25) is 14.9 Å². The summed E-state index contributed by atoms with van der Waals surface area (Å²) in [4.78, 5) is 27.9. The van der Waals surface area contributed by atoms with Crippen molar-refractivity contribution in [1.82, 2.24) is 4.57 Å². The number of aromatic nitrogens is 1. The van der Waals surface area contributed by atoms with Crippen LogP contribution in [0.1, 0.15) is 10.4 Å². The highest BCUT2D eigenvalue weighted by molar-refractivity contribution is 14.1. The molecule has 0 unspecified atom stereocenters. The third kappa shape index (κ3) is 3.84. The van der Waals surface area contributed by atoms with E-state index >= 15 is 0 Å². The van der Waals surface area contributed by atoms with Crippen LogP contribution < -0.4 is 4.80 Å². The van der Waals surface area contributed by atoms with Crippen LogP contribution in [0.5, 0.6) is 0 Å². The van der Waals surface area contributed by atoms with Crippen LogP contribution in [-0.2, 0) is 11.3 Å². The lowest BCUT2D eigenvalue weighted by atomic mass is 10.2. The zero-order valence-electron chi connectivity index (χ0n) is 13.7. The first-order chi connectivity index (χ1) is 12.5. The zero-order valence-corrected chi connectivity index (χ0v) is 16.7. The molecule has 3 rings (SSSR count). The van der Waals surface area contributed by atoms with E-state index in [1.807, 2.05) is 16.7 Å². The molecule has 0 spiro atoms. The van der Waals surface area contributed by atoms with E-state index in [0.29, 0.717) is 28.2 Å². The summed E-state index contributed by atoms with van der Waals surface area (Å²) in [6, 6.07) is 11.8. The normalized spacial score (nSPS) is 11.8. The molecule has 1 amide bonds. The number of hydrogen-bond acceptors (Lipinski definition) is 5. The van der Waals surface area contributed by atoms with E-state index in [1.165, 1.54) is 23.5 Å².